The second-order valence-electron chi connectivity index (χ2n) is 10.9. The van der Waals surface area contributed by atoms with Crippen molar-refractivity contribution in [3.8, 4) is 5.75 Å². The molecule has 4 unspecified atom stereocenters. The maximum absolute atomic E-state index is 13.9. The zero-order valence-electron chi connectivity index (χ0n) is 21.9. The summed E-state index contributed by atoms with van der Waals surface area (Å²) in [6, 6.07) is 1.39. The predicted molar refractivity (Wildman–Crippen MR) is 130 cm³/mol. The molecule has 1 aromatic carbocycles. The summed E-state index contributed by atoms with van der Waals surface area (Å²) in [6.45, 7) is 0.871. The van der Waals surface area contributed by atoms with Gasteiger partial charge in [-0.1, -0.05) is 19.1 Å². The number of amides is 1. The lowest BCUT2D eigenvalue weighted by Gasteiger charge is -2.56. The molecule has 0 radical (unpaired) electrons. The van der Waals surface area contributed by atoms with Gasteiger partial charge < -0.3 is 26.4 Å². The lowest BCUT2D eigenvalue weighted by atomic mass is 9.49. The molecular formula is C26H30F3N3O8. The number of likely N-dealkylation sites (N-methyl/N-ethyl adjacent to an activating group) is 1. The van der Waals surface area contributed by atoms with E-state index in [-0.39, 0.29) is 23.2 Å². The molecule has 0 aliphatic heterocycles. The Morgan fingerprint density at radius 3 is 2.33 bits per heavy atom. The largest absolute Gasteiger partial charge is 0.507 e. The van der Waals surface area contributed by atoms with Crippen LogP contribution < -0.4 is 11.1 Å². The number of hydrogen-bond acceptors (Lipinski definition) is 10. The number of carbonyl (C=O) groups is 5. The van der Waals surface area contributed by atoms with Crippen molar-refractivity contribution >= 4 is 29.0 Å². The Bertz CT molecular complexity index is 1300. The van der Waals surface area contributed by atoms with E-state index in [4.69, 9.17) is 5.73 Å². The molecule has 4 rings (SSSR count). The fraction of sp³-hybridized carbons (Fsp3) is 0.577. The van der Waals surface area contributed by atoms with Gasteiger partial charge in [0.15, 0.2) is 34.7 Å². The molecule has 1 amide bonds. The third-order valence-corrected chi connectivity index (χ3v) is 8.47. The van der Waals surface area contributed by atoms with Gasteiger partial charge in [-0.05, 0) is 25.6 Å². The van der Waals surface area contributed by atoms with Gasteiger partial charge in [-0.25, -0.2) is 0 Å². The van der Waals surface area contributed by atoms with Crippen LogP contribution in [0.1, 0.15) is 40.7 Å². The summed E-state index contributed by atoms with van der Waals surface area (Å²) in [5.74, 6) is -14.6. The van der Waals surface area contributed by atoms with E-state index < -0.39 is 101 Å². The Hall–Kier alpha value is -3.20. The number of halogens is 3. The number of primary amides is 1. The zero-order valence-corrected chi connectivity index (χ0v) is 21.9. The van der Waals surface area contributed by atoms with Crippen LogP contribution in [-0.4, -0.2) is 93.8 Å². The van der Waals surface area contributed by atoms with Crippen LogP contribution in [-0.2, 0) is 25.7 Å². The minimum Gasteiger partial charge on any atom is -0.507 e. The van der Waals surface area contributed by atoms with E-state index in [1.807, 2.05) is 0 Å². The van der Waals surface area contributed by atoms with Crippen molar-refractivity contribution in [2.45, 2.75) is 49.7 Å². The van der Waals surface area contributed by atoms with Crippen LogP contribution in [0.5, 0.6) is 5.75 Å². The summed E-state index contributed by atoms with van der Waals surface area (Å²) in [6.07, 6.45) is -7.27. The van der Waals surface area contributed by atoms with Crippen molar-refractivity contribution in [1.82, 2.24) is 10.2 Å². The first kappa shape index (κ1) is 29.8. The normalized spacial score (nSPS) is 34.0. The minimum absolute atomic E-state index is 0.0705. The van der Waals surface area contributed by atoms with E-state index in [1.54, 1.807) is 6.92 Å². The highest BCUT2D eigenvalue weighted by atomic mass is 19.4. The van der Waals surface area contributed by atoms with Crippen LogP contribution in [0.4, 0.5) is 13.2 Å². The second kappa shape index (κ2) is 10.0. The lowest BCUT2D eigenvalue weighted by Crippen LogP contribution is -2.77. The number of carbonyl (C=O) groups excluding carboxylic acids is 5. The molecule has 0 heterocycles. The summed E-state index contributed by atoms with van der Waals surface area (Å²) in [4.78, 5) is 67.5. The van der Waals surface area contributed by atoms with Gasteiger partial charge in [0.05, 0.1) is 36.0 Å². The molecule has 1 aromatic rings. The molecule has 3 aliphatic carbocycles. The van der Waals surface area contributed by atoms with Crippen molar-refractivity contribution in [2.75, 3.05) is 20.6 Å². The fourth-order valence-electron chi connectivity index (χ4n) is 6.63. The Kier molecular flexibility index (Phi) is 7.45. The number of rotatable bonds is 6. The van der Waals surface area contributed by atoms with Crippen LogP contribution in [0.25, 0.3) is 0 Å². The second-order valence-corrected chi connectivity index (χ2v) is 10.9. The maximum Gasteiger partial charge on any atom is 0.390 e. The highest BCUT2D eigenvalue weighted by Crippen LogP contribution is 2.54. The minimum atomic E-state index is -4.40. The molecule has 2 saturated carbocycles. The number of benzene rings is 1. The topological polar surface area (TPSA) is 187 Å². The summed E-state index contributed by atoms with van der Waals surface area (Å²) in [5, 5.41) is 36.6. The van der Waals surface area contributed by atoms with E-state index in [2.05, 4.69) is 5.32 Å². The molecular weight excluding hydrogens is 539 g/mol. The van der Waals surface area contributed by atoms with E-state index in [1.165, 1.54) is 31.1 Å². The number of aromatic hydroxyl groups is 1. The van der Waals surface area contributed by atoms with Gasteiger partial charge >= 0.3 is 6.18 Å². The van der Waals surface area contributed by atoms with Crippen LogP contribution in [0.2, 0.25) is 0 Å². The molecule has 0 spiro atoms. The molecule has 218 valence electrons. The molecule has 8 atom stereocenters. The first-order valence-electron chi connectivity index (χ1n) is 12.6. The standard InChI is InChI=1S/C26H30F3N3O8/c1-9-11-5-4-10(8-31-7-6-25(27,28)29)18(33)13(11)19(34)14-12(9)20(35)16-17(32(2)3)21(36)15(24(30)39)23(38)26(16,40)22(14)37/h4-5,9,12,14-17,20,31,33,35,40H,6-8H2,1-3H3,(H2,30,39)/t9-,12?,14?,15?,16?,17-,20-,26-/m0/s1. The summed E-state index contributed by atoms with van der Waals surface area (Å²) < 4.78 is 37.4. The van der Waals surface area contributed by atoms with Crippen LogP contribution in [0.15, 0.2) is 12.1 Å². The van der Waals surface area contributed by atoms with Crippen LogP contribution >= 0.6 is 0 Å². The average molecular weight is 570 g/mol. The van der Waals surface area contributed by atoms with Crippen molar-refractivity contribution in [3.05, 3.63) is 28.8 Å². The summed E-state index contributed by atoms with van der Waals surface area (Å²) in [5.41, 5.74) is 2.16. The monoisotopic (exact) mass is 569 g/mol. The van der Waals surface area contributed by atoms with E-state index in [0.717, 1.165) is 0 Å². The first-order valence-corrected chi connectivity index (χ1v) is 12.6. The number of fused-ring (bicyclic) bond motifs is 3. The first-order chi connectivity index (χ1) is 18.5. The number of phenols is 1. The summed E-state index contributed by atoms with van der Waals surface area (Å²) >= 11 is 0. The van der Waals surface area contributed by atoms with Crippen LogP contribution in [0.3, 0.4) is 0 Å². The van der Waals surface area contributed by atoms with Gasteiger partial charge in [-0.2, -0.15) is 13.2 Å². The maximum atomic E-state index is 13.9. The van der Waals surface area contributed by atoms with E-state index in [9.17, 15) is 52.5 Å². The Balaban J connectivity index is 1.78. The van der Waals surface area contributed by atoms with Crippen molar-refractivity contribution < 1.29 is 52.5 Å². The number of ketones is 4. The van der Waals surface area contributed by atoms with Crippen molar-refractivity contribution in [1.29, 1.82) is 0 Å². The Morgan fingerprint density at radius 2 is 1.77 bits per heavy atom. The zero-order chi connectivity index (χ0) is 30.1. The molecule has 2 fully saturated rings. The van der Waals surface area contributed by atoms with Gasteiger partial charge in [0.25, 0.3) is 0 Å². The average Bonchev–Trinajstić information content (AvgIpc) is 2.84. The van der Waals surface area contributed by atoms with Gasteiger partial charge in [-0.3, -0.25) is 28.9 Å². The molecule has 11 nitrogen and oxygen atoms in total. The molecule has 40 heavy (non-hydrogen) atoms. The van der Waals surface area contributed by atoms with Crippen LogP contribution in [0, 0.1) is 23.7 Å². The number of aliphatic hydroxyl groups excluding tert-OH is 1. The molecule has 6 N–H and O–H groups in total. The third kappa shape index (κ3) is 4.33. The smallest absolute Gasteiger partial charge is 0.390 e. The number of nitrogens with one attached hydrogen (secondary N) is 1. The van der Waals surface area contributed by atoms with E-state index >= 15 is 0 Å². The highest BCUT2D eigenvalue weighted by Gasteiger charge is 2.72. The molecule has 3 aliphatic rings. The lowest BCUT2D eigenvalue weighted by molar-refractivity contribution is -0.196. The predicted octanol–water partition coefficient (Wildman–Crippen LogP) is -0.559. The third-order valence-electron chi connectivity index (χ3n) is 8.47. The number of hydrogen-bond donors (Lipinski definition) is 5. The summed E-state index contributed by atoms with van der Waals surface area (Å²) in [7, 11) is 2.79. The van der Waals surface area contributed by atoms with Gasteiger partial charge in [0.1, 0.15) is 5.75 Å². The molecule has 0 saturated heterocycles. The molecule has 14 heteroatoms. The number of alkyl halides is 3. The van der Waals surface area contributed by atoms with Gasteiger partial charge in [-0.15, -0.1) is 0 Å². The number of phenolic OH excluding ortho intramolecular Hbond substituents is 1. The van der Waals surface area contributed by atoms with Crippen molar-refractivity contribution in [3.63, 3.8) is 0 Å². The number of aliphatic hydroxyl groups is 2. The SMILES string of the molecule is C[C@H]1c2ccc(CNCCC(F)(F)F)c(O)c2C(=O)C2C(=O)[C@]3(O)C(=O)C(C(N)=O)C(=O)[C@@H](N(C)C)C3[C@@H](O)C21. The molecule has 0 aromatic heterocycles. The number of nitrogens with zero attached hydrogens (tertiary/aromatic N) is 1. The number of nitrogens with two attached hydrogens (primary N) is 1. The van der Waals surface area contributed by atoms with E-state index in [0.29, 0.717) is 0 Å². The molecule has 0 bridgehead atoms. The number of Topliss-reactive ketones (excluding diaryl/α,β-unsaturated/α-hetero) is 4. The van der Waals surface area contributed by atoms with Gasteiger partial charge in [0, 0.05) is 24.6 Å². The fourth-order valence-corrected chi connectivity index (χ4v) is 6.63. The Labute approximate surface area is 226 Å². The highest BCUT2D eigenvalue weighted by molar-refractivity contribution is 6.32. The van der Waals surface area contributed by atoms with Gasteiger partial charge in [0.2, 0.25) is 5.91 Å². The quantitative estimate of drug-likeness (QED) is 0.220. The van der Waals surface area contributed by atoms with Crippen molar-refractivity contribution in [2.24, 2.45) is 29.4 Å². The Morgan fingerprint density at radius 1 is 1.15 bits per heavy atom.